The largest absolute Gasteiger partial charge is 0.310 e. The van der Waals surface area contributed by atoms with E-state index in [-0.39, 0.29) is 5.92 Å². The molecule has 0 bridgehead atoms. The highest BCUT2D eigenvalue weighted by Gasteiger charge is 2.48. The minimum atomic E-state index is -1.52. The average Bonchev–Trinajstić information content (AvgIpc) is 2.38. The zero-order valence-corrected chi connectivity index (χ0v) is 16.2. The number of rotatable bonds is 6. The molecule has 1 rings (SSSR count). The van der Waals surface area contributed by atoms with Crippen LogP contribution >= 0.6 is 0 Å². The summed E-state index contributed by atoms with van der Waals surface area (Å²) in [5, 5.41) is 9.07. The van der Waals surface area contributed by atoms with Gasteiger partial charge in [-0.2, -0.15) is 5.26 Å². The van der Waals surface area contributed by atoms with E-state index in [1.165, 1.54) is 13.0 Å². The highest BCUT2D eigenvalue weighted by atomic mass is 28.3. The van der Waals surface area contributed by atoms with E-state index < -0.39 is 8.24 Å². The van der Waals surface area contributed by atoms with Crippen LogP contribution < -0.4 is 0 Å². The predicted octanol–water partition coefficient (Wildman–Crippen LogP) is 4.29. The maximum absolute atomic E-state index is 9.07. The lowest BCUT2D eigenvalue weighted by molar-refractivity contribution is 0.126. The Bertz CT molecular complexity index is 338. The molecule has 3 nitrogen and oxygen atoms in total. The van der Waals surface area contributed by atoms with Crippen LogP contribution in [0.3, 0.4) is 0 Å². The second-order valence-electron chi connectivity index (χ2n) is 7.72. The van der Waals surface area contributed by atoms with Crippen LogP contribution in [-0.4, -0.2) is 44.0 Å². The Morgan fingerprint density at radius 3 is 1.90 bits per heavy atom. The van der Waals surface area contributed by atoms with Crippen molar-refractivity contribution in [2.24, 2.45) is 5.92 Å². The third-order valence-electron chi connectivity index (χ3n) is 5.35. The quantitative estimate of drug-likeness (QED) is 0.686. The molecule has 1 unspecified atom stereocenters. The van der Waals surface area contributed by atoms with Crippen molar-refractivity contribution < 1.29 is 0 Å². The van der Waals surface area contributed by atoms with Gasteiger partial charge in [0.25, 0.3) is 0 Å². The third-order valence-corrected chi connectivity index (χ3v) is 12.4. The normalized spacial score (nSPS) is 20.2. The fourth-order valence-electron chi connectivity index (χ4n) is 4.86. The van der Waals surface area contributed by atoms with Gasteiger partial charge < -0.3 is 4.57 Å². The van der Waals surface area contributed by atoms with Crippen molar-refractivity contribution in [1.29, 1.82) is 5.26 Å². The topological polar surface area (TPSA) is 30.3 Å². The summed E-state index contributed by atoms with van der Waals surface area (Å²) >= 11 is 0. The van der Waals surface area contributed by atoms with Gasteiger partial charge >= 0.3 is 0 Å². The molecule has 0 radical (unpaired) electrons. The van der Waals surface area contributed by atoms with Gasteiger partial charge in [-0.05, 0) is 36.5 Å². The zero-order valence-electron chi connectivity index (χ0n) is 15.2. The van der Waals surface area contributed by atoms with Crippen molar-refractivity contribution in [2.45, 2.75) is 71.5 Å². The molecule has 1 atom stereocenters. The van der Waals surface area contributed by atoms with Crippen LogP contribution in [-0.2, 0) is 0 Å². The van der Waals surface area contributed by atoms with Crippen LogP contribution in [0, 0.1) is 17.2 Å². The van der Waals surface area contributed by atoms with Gasteiger partial charge in [0, 0.05) is 19.8 Å². The summed E-state index contributed by atoms with van der Waals surface area (Å²) in [6.45, 7) is 21.0. The molecule has 1 aliphatic heterocycles. The van der Waals surface area contributed by atoms with E-state index in [1.54, 1.807) is 0 Å². The minimum absolute atomic E-state index is 0.137. The SMILES string of the molecule is CC(C#N)CN1CCCN([Si](C(C)C)(C(C)C)C(C)C)C1. The molecule has 0 aliphatic carbocycles. The maximum atomic E-state index is 9.07. The molecular weight excluding hydrogens is 274 g/mol. The molecular formula is C17H35N3Si. The summed E-state index contributed by atoms with van der Waals surface area (Å²) < 4.78 is 2.85. The second kappa shape index (κ2) is 7.76. The molecule has 1 aliphatic rings. The second-order valence-corrected chi connectivity index (χ2v) is 13.6. The zero-order chi connectivity index (χ0) is 16.2. The molecule has 0 aromatic carbocycles. The highest BCUT2D eigenvalue weighted by Crippen LogP contribution is 2.44. The summed E-state index contributed by atoms with van der Waals surface area (Å²) in [5.74, 6) is 0.137. The number of nitrogens with zero attached hydrogens (tertiary/aromatic N) is 3. The molecule has 0 N–H and O–H groups in total. The van der Waals surface area contributed by atoms with Gasteiger partial charge in [-0.1, -0.05) is 41.5 Å². The van der Waals surface area contributed by atoms with Crippen LogP contribution in [0.1, 0.15) is 54.9 Å². The summed E-state index contributed by atoms with van der Waals surface area (Å²) in [7, 11) is -1.52. The van der Waals surface area contributed by atoms with Gasteiger partial charge in [0.2, 0.25) is 0 Å². The van der Waals surface area contributed by atoms with E-state index in [4.69, 9.17) is 5.26 Å². The van der Waals surface area contributed by atoms with Crippen LogP contribution in [0.2, 0.25) is 16.6 Å². The molecule has 1 saturated heterocycles. The number of nitriles is 1. The molecule has 0 amide bonds. The Kier molecular flexibility index (Phi) is 6.90. The molecule has 0 aromatic heterocycles. The molecule has 21 heavy (non-hydrogen) atoms. The molecule has 122 valence electrons. The first kappa shape index (κ1) is 18.7. The maximum Gasteiger partial charge on any atom is 0.137 e. The minimum Gasteiger partial charge on any atom is -0.310 e. The van der Waals surface area contributed by atoms with E-state index in [2.05, 4.69) is 57.1 Å². The van der Waals surface area contributed by atoms with Crippen molar-refractivity contribution in [2.75, 3.05) is 26.3 Å². The Morgan fingerprint density at radius 1 is 0.952 bits per heavy atom. The van der Waals surface area contributed by atoms with Gasteiger partial charge in [-0.25, -0.2) is 0 Å². The molecule has 4 heteroatoms. The van der Waals surface area contributed by atoms with Gasteiger partial charge in [0.15, 0.2) is 0 Å². The smallest absolute Gasteiger partial charge is 0.137 e. The number of hydrogen-bond acceptors (Lipinski definition) is 3. The standard InChI is InChI=1S/C17H35N3Si/c1-14(2)21(15(3)4,16(5)6)20-10-8-9-19(13-20)12-17(7)11-18/h14-17H,8-10,12-13H2,1-7H3. The number of hydrogen-bond donors (Lipinski definition) is 0. The Balaban J connectivity index is 2.96. The Hall–Kier alpha value is -0.373. The third kappa shape index (κ3) is 3.88. The van der Waals surface area contributed by atoms with Crippen molar-refractivity contribution in [3.8, 4) is 6.07 Å². The summed E-state index contributed by atoms with van der Waals surface area (Å²) in [5.41, 5.74) is 2.31. The van der Waals surface area contributed by atoms with Crippen LogP contribution in [0.5, 0.6) is 0 Å². The average molecular weight is 310 g/mol. The molecule has 0 aromatic rings. The first-order chi connectivity index (χ1) is 9.76. The van der Waals surface area contributed by atoms with E-state index in [0.717, 1.165) is 36.4 Å². The monoisotopic (exact) mass is 309 g/mol. The molecule has 1 heterocycles. The fourth-order valence-corrected chi connectivity index (χ4v) is 12.0. The van der Waals surface area contributed by atoms with Crippen molar-refractivity contribution >= 4 is 8.24 Å². The lowest BCUT2D eigenvalue weighted by Gasteiger charge is -2.54. The molecule has 0 spiro atoms. The summed E-state index contributed by atoms with van der Waals surface area (Å²) in [6.07, 6.45) is 1.25. The summed E-state index contributed by atoms with van der Waals surface area (Å²) in [6, 6.07) is 2.39. The molecule has 0 saturated carbocycles. The van der Waals surface area contributed by atoms with E-state index in [0.29, 0.717) is 0 Å². The van der Waals surface area contributed by atoms with Crippen LogP contribution in [0.25, 0.3) is 0 Å². The van der Waals surface area contributed by atoms with Crippen LogP contribution in [0.15, 0.2) is 0 Å². The van der Waals surface area contributed by atoms with Crippen molar-refractivity contribution in [1.82, 2.24) is 9.47 Å². The first-order valence-corrected chi connectivity index (χ1v) is 10.8. The van der Waals surface area contributed by atoms with Crippen molar-refractivity contribution in [3.63, 3.8) is 0 Å². The van der Waals surface area contributed by atoms with Crippen LogP contribution in [0.4, 0.5) is 0 Å². The van der Waals surface area contributed by atoms with E-state index >= 15 is 0 Å². The summed E-state index contributed by atoms with van der Waals surface area (Å²) in [4.78, 5) is 2.51. The fraction of sp³-hybridized carbons (Fsp3) is 0.941. The lowest BCUT2D eigenvalue weighted by Crippen LogP contribution is -2.65. The Morgan fingerprint density at radius 2 is 1.48 bits per heavy atom. The van der Waals surface area contributed by atoms with Crippen molar-refractivity contribution in [3.05, 3.63) is 0 Å². The predicted molar refractivity (Wildman–Crippen MR) is 93.6 cm³/mol. The molecule has 1 fully saturated rings. The Labute approximate surface area is 133 Å². The van der Waals surface area contributed by atoms with E-state index in [9.17, 15) is 0 Å². The highest BCUT2D eigenvalue weighted by molar-refractivity contribution is 6.80. The lowest BCUT2D eigenvalue weighted by atomic mass is 10.2. The van der Waals surface area contributed by atoms with Gasteiger partial charge in [0.05, 0.1) is 12.0 Å². The van der Waals surface area contributed by atoms with E-state index in [1.807, 2.05) is 6.92 Å². The van der Waals surface area contributed by atoms with Gasteiger partial charge in [-0.3, -0.25) is 4.90 Å². The first-order valence-electron chi connectivity index (χ1n) is 8.63. The van der Waals surface area contributed by atoms with Gasteiger partial charge in [-0.15, -0.1) is 0 Å². The van der Waals surface area contributed by atoms with Gasteiger partial charge in [0.1, 0.15) is 8.24 Å².